The molecule has 0 spiro atoms. The highest BCUT2D eigenvalue weighted by atomic mass is 16.6. The van der Waals surface area contributed by atoms with E-state index in [-0.39, 0.29) is 17.0 Å². The molecule has 1 atom stereocenters. The van der Waals surface area contributed by atoms with Crippen LogP contribution in [-0.4, -0.2) is 24.8 Å². The summed E-state index contributed by atoms with van der Waals surface area (Å²) in [5, 5.41) is 0. The van der Waals surface area contributed by atoms with Crippen LogP contribution < -0.4 is 0 Å². The minimum atomic E-state index is -0.371. The monoisotopic (exact) mass is 200 g/mol. The Kier molecular flexibility index (Phi) is 3.20. The van der Waals surface area contributed by atoms with Crippen LogP contribution in [0.15, 0.2) is 0 Å². The molecular weight excluding hydrogens is 180 g/mol. The summed E-state index contributed by atoms with van der Waals surface area (Å²) in [6, 6.07) is 0. The van der Waals surface area contributed by atoms with Crippen molar-refractivity contribution in [1.82, 2.24) is 0 Å². The van der Waals surface area contributed by atoms with Gasteiger partial charge in [-0.15, -0.1) is 0 Å². The third-order valence-corrected chi connectivity index (χ3v) is 3.10. The molecule has 0 aromatic rings. The third kappa shape index (κ3) is 2.47. The number of epoxide rings is 1. The van der Waals surface area contributed by atoms with Gasteiger partial charge in [0, 0.05) is 0 Å². The van der Waals surface area contributed by atoms with Crippen LogP contribution in [0.1, 0.15) is 40.5 Å². The van der Waals surface area contributed by atoms with E-state index in [1.165, 1.54) is 0 Å². The lowest BCUT2D eigenvalue weighted by Crippen LogP contribution is -2.30. The SMILES string of the molecule is CCC1(COC(=O)C(C)(C)CC)CO1. The first kappa shape index (κ1) is 11.5. The standard InChI is InChI=1S/C11H20O3/c1-5-10(3,4)9(12)13-7-11(6-2)8-14-11/h5-8H2,1-4H3. The Bertz CT molecular complexity index is 217. The average Bonchev–Trinajstić information content (AvgIpc) is 2.95. The fourth-order valence-electron chi connectivity index (χ4n) is 1.03. The number of rotatable bonds is 5. The van der Waals surface area contributed by atoms with Gasteiger partial charge in [-0.2, -0.15) is 0 Å². The zero-order chi connectivity index (χ0) is 10.8. The fraction of sp³-hybridized carbons (Fsp3) is 0.909. The van der Waals surface area contributed by atoms with Crippen molar-refractivity contribution in [2.24, 2.45) is 5.41 Å². The molecule has 1 saturated heterocycles. The molecule has 1 aliphatic heterocycles. The first-order valence-corrected chi connectivity index (χ1v) is 5.27. The van der Waals surface area contributed by atoms with Gasteiger partial charge < -0.3 is 9.47 Å². The molecule has 0 radical (unpaired) electrons. The molecule has 0 aromatic carbocycles. The molecule has 1 unspecified atom stereocenters. The molecule has 0 aliphatic carbocycles. The predicted molar refractivity (Wildman–Crippen MR) is 54.0 cm³/mol. The first-order chi connectivity index (χ1) is 6.46. The van der Waals surface area contributed by atoms with Crippen LogP contribution in [0.5, 0.6) is 0 Å². The number of esters is 1. The van der Waals surface area contributed by atoms with Crippen molar-refractivity contribution in [2.45, 2.75) is 46.1 Å². The van der Waals surface area contributed by atoms with E-state index in [2.05, 4.69) is 0 Å². The van der Waals surface area contributed by atoms with Crippen molar-refractivity contribution >= 4 is 5.97 Å². The van der Waals surface area contributed by atoms with E-state index in [1.54, 1.807) is 0 Å². The summed E-state index contributed by atoms with van der Waals surface area (Å²) in [7, 11) is 0. The second kappa shape index (κ2) is 3.89. The molecule has 1 rings (SSSR count). The van der Waals surface area contributed by atoms with Crippen molar-refractivity contribution in [3.8, 4) is 0 Å². The van der Waals surface area contributed by atoms with Crippen molar-refractivity contribution in [1.29, 1.82) is 0 Å². The number of carbonyl (C=O) groups excluding carboxylic acids is 1. The Morgan fingerprint density at radius 2 is 2.07 bits per heavy atom. The van der Waals surface area contributed by atoms with Crippen LogP contribution in [0.2, 0.25) is 0 Å². The second-order valence-corrected chi connectivity index (χ2v) is 4.64. The lowest BCUT2D eigenvalue weighted by molar-refractivity contribution is -0.156. The molecule has 82 valence electrons. The molecule has 3 heteroatoms. The highest BCUT2D eigenvalue weighted by molar-refractivity contribution is 5.75. The van der Waals surface area contributed by atoms with E-state index in [1.807, 2.05) is 27.7 Å². The van der Waals surface area contributed by atoms with Gasteiger partial charge in [-0.1, -0.05) is 13.8 Å². The topological polar surface area (TPSA) is 38.8 Å². The van der Waals surface area contributed by atoms with E-state index < -0.39 is 0 Å². The van der Waals surface area contributed by atoms with Gasteiger partial charge in [-0.3, -0.25) is 4.79 Å². The van der Waals surface area contributed by atoms with Crippen LogP contribution in [0.4, 0.5) is 0 Å². The zero-order valence-corrected chi connectivity index (χ0v) is 9.55. The smallest absolute Gasteiger partial charge is 0.311 e. The Morgan fingerprint density at radius 3 is 2.43 bits per heavy atom. The first-order valence-electron chi connectivity index (χ1n) is 5.27. The number of carbonyl (C=O) groups is 1. The van der Waals surface area contributed by atoms with E-state index in [0.29, 0.717) is 6.61 Å². The maximum atomic E-state index is 11.6. The molecule has 0 bridgehead atoms. The summed E-state index contributed by atoms with van der Waals surface area (Å²) in [6.45, 7) is 8.98. The molecule has 0 aromatic heterocycles. The summed E-state index contributed by atoms with van der Waals surface area (Å²) in [5.74, 6) is -0.122. The summed E-state index contributed by atoms with van der Waals surface area (Å²) >= 11 is 0. The summed E-state index contributed by atoms with van der Waals surface area (Å²) in [6.07, 6.45) is 1.71. The predicted octanol–water partition coefficient (Wildman–Crippen LogP) is 2.14. The van der Waals surface area contributed by atoms with E-state index in [0.717, 1.165) is 19.4 Å². The van der Waals surface area contributed by atoms with Gasteiger partial charge in [0.05, 0.1) is 12.0 Å². The molecule has 14 heavy (non-hydrogen) atoms. The lowest BCUT2D eigenvalue weighted by Gasteiger charge is -2.21. The fourth-order valence-corrected chi connectivity index (χ4v) is 1.03. The normalized spacial score (nSPS) is 26.0. The van der Waals surface area contributed by atoms with E-state index in [4.69, 9.17) is 9.47 Å². The maximum Gasteiger partial charge on any atom is 0.311 e. The molecule has 3 nitrogen and oxygen atoms in total. The highest BCUT2D eigenvalue weighted by Gasteiger charge is 2.45. The second-order valence-electron chi connectivity index (χ2n) is 4.64. The molecule has 0 saturated carbocycles. The average molecular weight is 200 g/mol. The van der Waals surface area contributed by atoms with Crippen molar-refractivity contribution in [2.75, 3.05) is 13.2 Å². The van der Waals surface area contributed by atoms with Crippen molar-refractivity contribution < 1.29 is 14.3 Å². The zero-order valence-electron chi connectivity index (χ0n) is 9.55. The summed E-state index contributed by atoms with van der Waals surface area (Å²) in [4.78, 5) is 11.6. The Hall–Kier alpha value is -0.570. The van der Waals surface area contributed by atoms with Gasteiger partial charge in [0.1, 0.15) is 12.2 Å². The molecule has 1 fully saturated rings. The minimum Gasteiger partial charge on any atom is -0.462 e. The van der Waals surface area contributed by atoms with Gasteiger partial charge in [0.2, 0.25) is 0 Å². The molecule has 0 amide bonds. The van der Waals surface area contributed by atoms with E-state index >= 15 is 0 Å². The quantitative estimate of drug-likeness (QED) is 0.504. The van der Waals surface area contributed by atoms with Crippen LogP contribution in [0.3, 0.4) is 0 Å². The minimum absolute atomic E-state index is 0.122. The van der Waals surface area contributed by atoms with Gasteiger partial charge in [-0.25, -0.2) is 0 Å². The number of hydrogen-bond donors (Lipinski definition) is 0. The van der Waals surface area contributed by atoms with Crippen LogP contribution in [0, 0.1) is 5.41 Å². The van der Waals surface area contributed by atoms with Gasteiger partial charge in [-0.05, 0) is 26.7 Å². The lowest BCUT2D eigenvalue weighted by atomic mass is 9.91. The molecular formula is C11H20O3. The molecule has 1 aliphatic rings. The van der Waals surface area contributed by atoms with Gasteiger partial charge in [0.25, 0.3) is 0 Å². The number of ether oxygens (including phenoxy) is 2. The largest absolute Gasteiger partial charge is 0.462 e. The van der Waals surface area contributed by atoms with Crippen LogP contribution >= 0.6 is 0 Å². The van der Waals surface area contributed by atoms with Crippen molar-refractivity contribution in [3.05, 3.63) is 0 Å². The number of hydrogen-bond acceptors (Lipinski definition) is 3. The van der Waals surface area contributed by atoms with Crippen LogP contribution in [-0.2, 0) is 14.3 Å². The maximum absolute atomic E-state index is 11.6. The van der Waals surface area contributed by atoms with Gasteiger partial charge in [0.15, 0.2) is 0 Å². The van der Waals surface area contributed by atoms with E-state index in [9.17, 15) is 4.79 Å². The third-order valence-electron chi connectivity index (χ3n) is 3.10. The Labute approximate surface area is 85.8 Å². The van der Waals surface area contributed by atoms with Crippen molar-refractivity contribution in [3.63, 3.8) is 0 Å². The molecule has 0 N–H and O–H groups in total. The van der Waals surface area contributed by atoms with Gasteiger partial charge >= 0.3 is 5.97 Å². The summed E-state index contributed by atoms with van der Waals surface area (Å²) < 4.78 is 10.5. The Morgan fingerprint density at radius 1 is 1.50 bits per heavy atom. The van der Waals surface area contributed by atoms with Crippen LogP contribution in [0.25, 0.3) is 0 Å². The Balaban J connectivity index is 2.35. The molecule has 1 heterocycles. The summed E-state index contributed by atoms with van der Waals surface area (Å²) in [5.41, 5.74) is -0.525. The highest BCUT2D eigenvalue weighted by Crippen LogP contribution is 2.32.